The molecule has 1 fully saturated rings. The lowest BCUT2D eigenvalue weighted by atomic mass is 9.82. The second-order valence-corrected chi connectivity index (χ2v) is 11.7. The smallest absolute Gasteiger partial charge is 0.408 e. The zero-order valence-electron chi connectivity index (χ0n) is 24.3. The van der Waals surface area contributed by atoms with Crippen molar-refractivity contribution in [2.75, 3.05) is 19.7 Å². The van der Waals surface area contributed by atoms with Gasteiger partial charge in [-0.05, 0) is 54.0 Å². The number of carbonyl (C=O) groups is 3. The van der Waals surface area contributed by atoms with Gasteiger partial charge in [-0.3, -0.25) is 14.5 Å². The highest BCUT2D eigenvalue weighted by Gasteiger charge is 2.43. The summed E-state index contributed by atoms with van der Waals surface area (Å²) in [4.78, 5) is 40.8. The number of benzene rings is 3. The van der Waals surface area contributed by atoms with Crippen LogP contribution in [-0.2, 0) is 20.9 Å². The number of nitrogens with one attached hydrogen (secondary N) is 2. The Kier molecular flexibility index (Phi) is 8.64. The molecular weight excluding hydrogens is 530 g/mol. The molecule has 1 unspecified atom stereocenters. The summed E-state index contributed by atoms with van der Waals surface area (Å²) in [5.41, 5.74) is 3.52. The average molecular weight is 570 g/mol. The molecule has 1 heterocycles. The molecule has 8 heteroatoms. The first-order valence-electron chi connectivity index (χ1n) is 14.7. The van der Waals surface area contributed by atoms with Gasteiger partial charge in [-0.2, -0.15) is 0 Å². The van der Waals surface area contributed by atoms with E-state index in [1.54, 1.807) is 6.92 Å². The molecule has 220 valence electrons. The van der Waals surface area contributed by atoms with E-state index in [1.165, 1.54) is 5.56 Å². The molecule has 0 bridgehead atoms. The number of fused-ring (bicyclic) bond motifs is 3. The van der Waals surface area contributed by atoms with E-state index in [9.17, 15) is 19.5 Å². The van der Waals surface area contributed by atoms with Gasteiger partial charge in [-0.1, -0.05) is 85.8 Å². The maximum absolute atomic E-state index is 13.7. The van der Waals surface area contributed by atoms with Gasteiger partial charge in [-0.15, -0.1) is 0 Å². The first-order chi connectivity index (χ1) is 20.2. The summed E-state index contributed by atoms with van der Waals surface area (Å²) in [6.07, 6.45) is 0.460. The quantitative estimate of drug-likeness (QED) is 0.305. The van der Waals surface area contributed by atoms with E-state index in [1.807, 2.05) is 49.4 Å². The summed E-state index contributed by atoms with van der Waals surface area (Å²) < 4.78 is 5.71. The molecule has 8 nitrogen and oxygen atoms in total. The van der Waals surface area contributed by atoms with E-state index in [-0.39, 0.29) is 18.9 Å². The molecule has 0 spiro atoms. The second kappa shape index (κ2) is 12.4. The van der Waals surface area contributed by atoms with Crippen LogP contribution in [0.4, 0.5) is 4.79 Å². The molecule has 1 saturated heterocycles. The van der Waals surface area contributed by atoms with Gasteiger partial charge >= 0.3 is 12.1 Å². The Bertz CT molecular complexity index is 1390. The third-order valence-electron chi connectivity index (χ3n) is 8.86. The van der Waals surface area contributed by atoms with Crippen molar-refractivity contribution in [1.82, 2.24) is 15.5 Å². The Morgan fingerprint density at radius 3 is 2.07 bits per heavy atom. The van der Waals surface area contributed by atoms with Crippen molar-refractivity contribution in [1.29, 1.82) is 0 Å². The van der Waals surface area contributed by atoms with Crippen molar-refractivity contribution < 1.29 is 24.2 Å². The monoisotopic (exact) mass is 569 g/mol. The van der Waals surface area contributed by atoms with E-state index in [0.717, 1.165) is 28.8 Å². The minimum atomic E-state index is -1.27. The number of rotatable bonds is 10. The number of piperidine rings is 1. The molecule has 3 aromatic carbocycles. The van der Waals surface area contributed by atoms with E-state index in [2.05, 4.69) is 51.9 Å². The van der Waals surface area contributed by atoms with E-state index in [4.69, 9.17) is 4.74 Å². The van der Waals surface area contributed by atoms with Crippen LogP contribution >= 0.6 is 0 Å². The van der Waals surface area contributed by atoms with Crippen molar-refractivity contribution in [2.24, 2.45) is 0 Å². The molecular formula is C34H39N3O5. The number of ether oxygens (including phenoxy) is 1. The third kappa shape index (κ3) is 6.34. The molecule has 2 amide bonds. The van der Waals surface area contributed by atoms with E-state index >= 15 is 0 Å². The van der Waals surface area contributed by atoms with Gasteiger partial charge in [0.25, 0.3) is 0 Å². The summed E-state index contributed by atoms with van der Waals surface area (Å²) in [7, 11) is 0. The van der Waals surface area contributed by atoms with Crippen LogP contribution in [0.5, 0.6) is 0 Å². The summed E-state index contributed by atoms with van der Waals surface area (Å²) in [5.74, 6) is -1.46. The lowest BCUT2D eigenvalue weighted by Gasteiger charge is -2.43. The largest absolute Gasteiger partial charge is 0.481 e. The number of carboxylic acids is 1. The number of hydrogen-bond donors (Lipinski definition) is 3. The number of likely N-dealkylation sites (tertiary alicyclic amines) is 1. The van der Waals surface area contributed by atoms with Crippen LogP contribution < -0.4 is 10.6 Å². The van der Waals surface area contributed by atoms with Gasteiger partial charge in [0.15, 0.2) is 0 Å². The van der Waals surface area contributed by atoms with Gasteiger partial charge < -0.3 is 20.5 Å². The number of carboxylic acid groups (broad SMARTS) is 1. The van der Waals surface area contributed by atoms with Crippen LogP contribution in [0.1, 0.15) is 62.1 Å². The van der Waals surface area contributed by atoms with Gasteiger partial charge in [0, 0.05) is 25.6 Å². The molecule has 3 aromatic rings. The minimum absolute atomic E-state index is 0.0928. The molecule has 0 radical (unpaired) electrons. The number of amides is 2. The number of nitrogens with zero attached hydrogens (tertiary/aromatic N) is 1. The number of hydrogen-bond acceptors (Lipinski definition) is 5. The molecule has 1 aliphatic heterocycles. The maximum atomic E-state index is 13.7. The van der Waals surface area contributed by atoms with Gasteiger partial charge in [0.05, 0.1) is 12.0 Å². The Hall–Kier alpha value is -4.17. The SMILES string of the molecule is CCC(C)(NC(=O)OCC1c2ccccc2-c2ccccc21)C(=O)NC1(CC(=O)O)CCN(Cc2ccccc2)CC1. The number of carbonyl (C=O) groups excluding carboxylic acids is 2. The fraction of sp³-hybridized carbons (Fsp3) is 0.382. The highest BCUT2D eigenvalue weighted by molar-refractivity contribution is 5.90. The summed E-state index contributed by atoms with van der Waals surface area (Å²) in [6.45, 7) is 5.70. The lowest BCUT2D eigenvalue weighted by molar-refractivity contribution is -0.140. The Labute approximate surface area is 247 Å². The van der Waals surface area contributed by atoms with Crippen LogP contribution in [-0.4, -0.2) is 58.8 Å². The molecule has 1 atom stereocenters. The molecule has 42 heavy (non-hydrogen) atoms. The Morgan fingerprint density at radius 2 is 1.50 bits per heavy atom. The molecule has 0 aromatic heterocycles. The van der Waals surface area contributed by atoms with E-state index in [0.29, 0.717) is 32.4 Å². The highest BCUT2D eigenvalue weighted by Crippen LogP contribution is 2.44. The van der Waals surface area contributed by atoms with Crippen LogP contribution in [0.25, 0.3) is 11.1 Å². The van der Waals surface area contributed by atoms with Crippen molar-refractivity contribution in [3.63, 3.8) is 0 Å². The molecule has 5 rings (SSSR count). The second-order valence-electron chi connectivity index (χ2n) is 11.7. The average Bonchev–Trinajstić information content (AvgIpc) is 3.31. The Morgan fingerprint density at radius 1 is 0.929 bits per heavy atom. The Balaban J connectivity index is 1.22. The summed E-state index contributed by atoms with van der Waals surface area (Å²) in [6, 6.07) is 26.4. The predicted octanol–water partition coefficient (Wildman–Crippen LogP) is 5.32. The molecule has 1 aliphatic carbocycles. The van der Waals surface area contributed by atoms with Crippen molar-refractivity contribution >= 4 is 18.0 Å². The third-order valence-corrected chi connectivity index (χ3v) is 8.86. The van der Waals surface area contributed by atoms with Crippen molar-refractivity contribution in [2.45, 2.75) is 63.1 Å². The van der Waals surface area contributed by atoms with Crippen LogP contribution in [0.2, 0.25) is 0 Å². The summed E-state index contributed by atoms with van der Waals surface area (Å²) >= 11 is 0. The fourth-order valence-electron chi connectivity index (χ4n) is 6.16. The number of aliphatic carboxylic acids is 1. The topological polar surface area (TPSA) is 108 Å². The minimum Gasteiger partial charge on any atom is -0.481 e. The predicted molar refractivity (Wildman–Crippen MR) is 161 cm³/mol. The van der Waals surface area contributed by atoms with Gasteiger partial charge in [-0.25, -0.2) is 4.79 Å². The first kappa shape index (κ1) is 29.3. The fourth-order valence-corrected chi connectivity index (χ4v) is 6.16. The van der Waals surface area contributed by atoms with Crippen LogP contribution in [0.15, 0.2) is 78.9 Å². The molecule has 3 N–H and O–H groups in total. The standard InChI is InChI=1S/C34H39N3O5/c1-3-33(2,36-32(41)42-23-29-27-15-9-7-13-25(27)26-14-8-10-16-28(26)29)31(40)35-34(21-30(38)39)17-19-37(20-18-34)22-24-11-5-4-6-12-24/h4-16,29H,3,17-23H2,1-2H3,(H,35,40)(H,36,41)(H,38,39). The zero-order valence-corrected chi connectivity index (χ0v) is 24.3. The molecule has 2 aliphatic rings. The van der Waals surface area contributed by atoms with Gasteiger partial charge in [0.2, 0.25) is 5.91 Å². The lowest BCUT2D eigenvalue weighted by Crippen LogP contribution is -2.64. The zero-order chi connectivity index (χ0) is 29.7. The van der Waals surface area contributed by atoms with Crippen LogP contribution in [0, 0.1) is 0 Å². The van der Waals surface area contributed by atoms with Gasteiger partial charge in [0.1, 0.15) is 12.1 Å². The first-order valence-corrected chi connectivity index (χ1v) is 14.7. The normalized spacial score (nSPS) is 17.4. The maximum Gasteiger partial charge on any atom is 0.408 e. The van der Waals surface area contributed by atoms with Crippen molar-refractivity contribution in [3.05, 3.63) is 95.6 Å². The van der Waals surface area contributed by atoms with E-state index < -0.39 is 29.0 Å². The van der Waals surface area contributed by atoms with Crippen molar-refractivity contribution in [3.8, 4) is 11.1 Å². The van der Waals surface area contributed by atoms with Crippen LogP contribution in [0.3, 0.4) is 0 Å². The summed E-state index contributed by atoms with van der Waals surface area (Å²) in [5, 5.41) is 15.5. The highest BCUT2D eigenvalue weighted by atomic mass is 16.5. The number of alkyl carbamates (subject to hydrolysis) is 1. The molecule has 0 saturated carbocycles.